The predicted octanol–water partition coefficient (Wildman–Crippen LogP) is 2.63. The van der Waals surface area contributed by atoms with Crippen molar-refractivity contribution in [3.63, 3.8) is 0 Å². The zero-order valence-corrected chi connectivity index (χ0v) is 9.34. The first kappa shape index (κ1) is 9.84. The molecule has 0 saturated carbocycles. The second kappa shape index (κ2) is 3.90. The van der Waals surface area contributed by atoms with E-state index in [1.165, 1.54) is 0 Å². The number of rotatable bonds is 2. The van der Waals surface area contributed by atoms with Gasteiger partial charge in [0.25, 0.3) is 0 Å². The molecule has 84 valence electrons. The van der Waals surface area contributed by atoms with Crippen molar-refractivity contribution >= 4 is 10.9 Å². The van der Waals surface area contributed by atoms with Gasteiger partial charge in [-0.15, -0.1) is 0 Å². The summed E-state index contributed by atoms with van der Waals surface area (Å²) in [7, 11) is 1.65. The van der Waals surface area contributed by atoms with Crippen molar-refractivity contribution in [1.29, 1.82) is 0 Å². The van der Waals surface area contributed by atoms with Crippen LogP contribution in [-0.4, -0.2) is 22.1 Å². The number of ether oxygens (including phenoxy) is 1. The van der Waals surface area contributed by atoms with E-state index in [4.69, 9.17) is 4.74 Å². The molecule has 0 fully saturated rings. The SMILES string of the molecule is COc1cccc2ccc(-c3ncc[nH]3)nc12. The van der Waals surface area contributed by atoms with E-state index in [-0.39, 0.29) is 0 Å². The van der Waals surface area contributed by atoms with E-state index in [0.717, 1.165) is 28.2 Å². The quantitative estimate of drug-likeness (QED) is 0.729. The third-order valence-electron chi connectivity index (χ3n) is 2.64. The molecule has 4 nitrogen and oxygen atoms in total. The number of hydrogen-bond donors (Lipinski definition) is 1. The Hall–Kier alpha value is -2.36. The van der Waals surface area contributed by atoms with Crippen LogP contribution in [0, 0.1) is 0 Å². The Morgan fingerprint density at radius 2 is 2.12 bits per heavy atom. The lowest BCUT2D eigenvalue weighted by atomic mass is 10.2. The van der Waals surface area contributed by atoms with E-state index < -0.39 is 0 Å². The smallest absolute Gasteiger partial charge is 0.155 e. The summed E-state index contributed by atoms with van der Waals surface area (Å²) < 4.78 is 5.31. The van der Waals surface area contributed by atoms with Crippen molar-refractivity contribution in [2.75, 3.05) is 7.11 Å². The number of nitrogens with one attached hydrogen (secondary N) is 1. The van der Waals surface area contributed by atoms with Crippen molar-refractivity contribution in [2.24, 2.45) is 0 Å². The summed E-state index contributed by atoms with van der Waals surface area (Å²) >= 11 is 0. The van der Waals surface area contributed by atoms with Crippen LogP contribution in [0.1, 0.15) is 0 Å². The van der Waals surface area contributed by atoms with Gasteiger partial charge in [-0.1, -0.05) is 18.2 Å². The lowest BCUT2D eigenvalue weighted by Gasteiger charge is -2.05. The Bertz CT molecular complexity index is 647. The highest BCUT2D eigenvalue weighted by Gasteiger charge is 2.06. The zero-order chi connectivity index (χ0) is 11.7. The zero-order valence-electron chi connectivity index (χ0n) is 9.34. The number of imidazole rings is 1. The topological polar surface area (TPSA) is 50.8 Å². The fourth-order valence-electron chi connectivity index (χ4n) is 1.82. The van der Waals surface area contributed by atoms with Crippen LogP contribution in [0.3, 0.4) is 0 Å². The second-order valence-corrected chi connectivity index (χ2v) is 3.67. The van der Waals surface area contributed by atoms with Crippen molar-refractivity contribution in [1.82, 2.24) is 15.0 Å². The van der Waals surface area contributed by atoms with Crippen LogP contribution in [0.4, 0.5) is 0 Å². The molecule has 0 spiro atoms. The van der Waals surface area contributed by atoms with Gasteiger partial charge in [0.15, 0.2) is 5.82 Å². The number of para-hydroxylation sites is 1. The van der Waals surface area contributed by atoms with Crippen LogP contribution < -0.4 is 4.74 Å². The van der Waals surface area contributed by atoms with E-state index >= 15 is 0 Å². The summed E-state index contributed by atoms with van der Waals surface area (Å²) in [5.41, 5.74) is 1.66. The molecule has 2 heterocycles. The third kappa shape index (κ3) is 1.63. The fourth-order valence-corrected chi connectivity index (χ4v) is 1.82. The third-order valence-corrected chi connectivity index (χ3v) is 2.64. The molecule has 0 unspecified atom stereocenters. The van der Waals surface area contributed by atoms with Gasteiger partial charge in [-0.3, -0.25) is 0 Å². The van der Waals surface area contributed by atoms with Crippen molar-refractivity contribution in [2.45, 2.75) is 0 Å². The van der Waals surface area contributed by atoms with Gasteiger partial charge in [0.1, 0.15) is 17.0 Å². The van der Waals surface area contributed by atoms with E-state index in [2.05, 4.69) is 15.0 Å². The largest absolute Gasteiger partial charge is 0.494 e. The summed E-state index contributed by atoms with van der Waals surface area (Å²) in [5, 5.41) is 1.06. The molecule has 0 aliphatic rings. The Kier molecular flexibility index (Phi) is 2.26. The van der Waals surface area contributed by atoms with Crippen LogP contribution in [-0.2, 0) is 0 Å². The van der Waals surface area contributed by atoms with Gasteiger partial charge in [-0.2, -0.15) is 0 Å². The van der Waals surface area contributed by atoms with Gasteiger partial charge in [0.05, 0.1) is 7.11 Å². The molecule has 0 bridgehead atoms. The van der Waals surface area contributed by atoms with Crippen molar-refractivity contribution in [3.8, 4) is 17.3 Å². The summed E-state index contributed by atoms with van der Waals surface area (Å²) in [4.78, 5) is 11.8. The minimum atomic E-state index is 0.762. The fraction of sp³-hybridized carbons (Fsp3) is 0.0769. The monoisotopic (exact) mass is 225 g/mol. The molecule has 0 aliphatic carbocycles. The van der Waals surface area contributed by atoms with Gasteiger partial charge in [0, 0.05) is 17.8 Å². The summed E-state index contributed by atoms with van der Waals surface area (Å²) in [6.45, 7) is 0. The van der Waals surface area contributed by atoms with Crippen LogP contribution in [0.25, 0.3) is 22.4 Å². The molecule has 1 N–H and O–H groups in total. The van der Waals surface area contributed by atoms with Crippen LogP contribution >= 0.6 is 0 Å². The molecule has 2 aromatic heterocycles. The first-order valence-electron chi connectivity index (χ1n) is 5.32. The van der Waals surface area contributed by atoms with E-state index in [1.807, 2.05) is 30.3 Å². The molecule has 0 saturated heterocycles. The molecule has 0 amide bonds. The van der Waals surface area contributed by atoms with Gasteiger partial charge in [-0.25, -0.2) is 9.97 Å². The number of nitrogens with zero attached hydrogens (tertiary/aromatic N) is 2. The number of aromatic nitrogens is 3. The number of H-pyrrole nitrogens is 1. The molecule has 0 atom stereocenters. The first-order valence-corrected chi connectivity index (χ1v) is 5.32. The normalized spacial score (nSPS) is 10.6. The van der Waals surface area contributed by atoms with Crippen molar-refractivity contribution < 1.29 is 4.74 Å². The summed E-state index contributed by atoms with van der Waals surface area (Å²) in [6.07, 6.45) is 3.49. The minimum Gasteiger partial charge on any atom is -0.494 e. The molecular weight excluding hydrogens is 214 g/mol. The minimum absolute atomic E-state index is 0.762. The highest BCUT2D eigenvalue weighted by molar-refractivity contribution is 5.86. The predicted molar refractivity (Wildman–Crippen MR) is 65.9 cm³/mol. The maximum Gasteiger partial charge on any atom is 0.155 e. The summed E-state index contributed by atoms with van der Waals surface area (Å²) in [6, 6.07) is 9.83. The molecule has 0 aliphatic heterocycles. The molecule has 3 aromatic rings. The van der Waals surface area contributed by atoms with Crippen molar-refractivity contribution in [3.05, 3.63) is 42.7 Å². The van der Waals surface area contributed by atoms with Crippen LogP contribution in [0.15, 0.2) is 42.7 Å². The maximum atomic E-state index is 5.31. The Balaban J connectivity index is 2.24. The Labute approximate surface area is 98.3 Å². The number of hydrogen-bond acceptors (Lipinski definition) is 3. The maximum absolute atomic E-state index is 5.31. The van der Waals surface area contributed by atoms with E-state index in [1.54, 1.807) is 19.5 Å². The average Bonchev–Trinajstić information content (AvgIpc) is 2.91. The highest BCUT2D eigenvalue weighted by Crippen LogP contribution is 2.25. The molecule has 4 heteroatoms. The highest BCUT2D eigenvalue weighted by atomic mass is 16.5. The molecule has 3 rings (SSSR count). The number of aromatic amines is 1. The van der Waals surface area contributed by atoms with E-state index in [0.29, 0.717) is 0 Å². The Morgan fingerprint density at radius 1 is 1.18 bits per heavy atom. The molecular formula is C13H11N3O. The van der Waals surface area contributed by atoms with Gasteiger partial charge in [0.2, 0.25) is 0 Å². The number of pyridine rings is 1. The second-order valence-electron chi connectivity index (χ2n) is 3.67. The van der Waals surface area contributed by atoms with E-state index in [9.17, 15) is 0 Å². The van der Waals surface area contributed by atoms with Gasteiger partial charge in [-0.05, 0) is 12.1 Å². The number of methoxy groups -OCH3 is 1. The number of fused-ring (bicyclic) bond motifs is 1. The molecule has 17 heavy (non-hydrogen) atoms. The standard InChI is InChI=1S/C13H11N3O/c1-17-11-4-2-3-9-5-6-10(16-12(9)11)13-14-7-8-15-13/h2-8H,1H3,(H,14,15). The Morgan fingerprint density at radius 3 is 2.88 bits per heavy atom. The van der Waals surface area contributed by atoms with Gasteiger partial charge >= 0.3 is 0 Å². The average molecular weight is 225 g/mol. The first-order chi connectivity index (χ1) is 8.38. The lowest BCUT2D eigenvalue weighted by molar-refractivity contribution is 0.419. The summed E-state index contributed by atoms with van der Waals surface area (Å²) in [5.74, 6) is 1.54. The van der Waals surface area contributed by atoms with Crippen LogP contribution in [0.2, 0.25) is 0 Å². The molecule has 0 radical (unpaired) electrons. The number of benzene rings is 1. The lowest BCUT2D eigenvalue weighted by Crippen LogP contribution is -1.90. The van der Waals surface area contributed by atoms with Crippen LogP contribution in [0.5, 0.6) is 5.75 Å². The molecule has 1 aromatic carbocycles. The van der Waals surface area contributed by atoms with Gasteiger partial charge < -0.3 is 9.72 Å².